The summed E-state index contributed by atoms with van der Waals surface area (Å²) >= 11 is 2.10. The van der Waals surface area contributed by atoms with Gasteiger partial charge in [-0.25, -0.2) is 0 Å². The quantitative estimate of drug-likeness (QED) is 0.326. The monoisotopic (exact) mass is 245 g/mol. The molecule has 0 aliphatic rings. The van der Waals surface area contributed by atoms with E-state index >= 15 is 0 Å². The standard InChI is InChI=1S/C6H15NO4Se/c7-1-4(12)6(11)5(10)3(9)2-8/h3-6,8-12H,1-2,7H2/t3-,4+,5-,6-/m1/s1. The Morgan fingerprint density at radius 2 is 1.67 bits per heavy atom. The van der Waals surface area contributed by atoms with Crippen LogP contribution in [0.15, 0.2) is 0 Å². The molecule has 0 aromatic carbocycles. The number of hydrogen-bond donors (Lipinski definition) is 5. The molecule has 0 aliphatic heterocycles. The van der Waals surface area contributed by atoms with Crippen LogP contribution in [-0.2, 0) is 0 Å². The van der Waals surface area contributed by atoms with Gasteiger partial charge in [-0.15, -0.1) is 0 Å². The average Bonchev–Trinajstić information content (AvgIpc) is 2.12. The second-order valence-corrected chi connectivity index (χ2v) is 3.93. The van der Waals surface area contributed by atoms with Gasteiger partial charge in [0.25, 0.3) is 0 Å². The van der Waals surface area contributed by atoms with Crippen LogP contribution in [0.3, 0.4) is 0 Å². The fourth-order valence-electron chi connectivity index (χ4n) is 0.703. The van der Waals surface area contributed by atoms with E-state index in [1.54, 1.807) is 0 Å². The number of nitrogens with two attached hydrogens (primary N) is 1. The van der Waals surface area contributed by atoms with Crippen LogP contribution in [0.1, 0.15) is 0 Å². The van der Waals surface area contributed by atoms with Crippen LogP contribution in [0.2, 0.25) is 4.82 Å². The van der Waals surface area contributed by atoms with Crippen molar-refractivity contribution in [1.29, 1.82) is 0 Å². The summed E-state index contributed by atoms with van der Waals surface area (Å²) < 4.78 is 0. The Morgan fingerprint density at radius 3 is 2.00 bits per heavy atom. The van der Waals surface area contributed by atoms with Crippen molar-refractivity contribution in [2.75, 3.05) is 13.2 Å². The molecular weight excluding hydrogens is 229 g/mol. The summed E-state index contributed by atoms with van der Waals surface area (Å²) in [5.41, 5.74) is 5.22. The molecule has 74 valence electrons. The first kappa shape index (κ1) is 12.3. The molecule has 0 spiro atoms. The Labute approximate surface area is 79.0 Å². The summed E-state index contributed by atoms with van der Waals surface area (Å²) in [6, 6.07) is 0. The number of rotatable bonds is 5. The van der Waals surface area contributed by atoms with E-state index < -0.39 is 24.9 Å². The summed E-state index contributed by atoms with van der Waals surface area (Å²) in [5.74, 6) is 0. The van der Waals surface area contributed by atoms with Gasteiger partial charge in [0, 0.05) is 0 Å². The van der Waals surface area contributed by atoms with Crippen LogP contribution in [-0.4, -0.2) is 67.9 Å². The van der Waals surface area contributed by atoms with E-state index in [0.29, 0.717) is 0 Å². The minimum absolute atomic E-state index is 0.191. The molecule has 0 radical (unpaired) electrons. The van der Waals surface area contributed by atoms with Gasteiger partial charge < -0.3 is 0 Å². The van der Waals surface area contributed by atoms with Crippen molar-refractivity contribution in [1.82, 2.24) is 0 Å². The molecule has 0 amide bonds. The number of hydrogen-bond acceptors (Lipinski definition) is 5. The minimum atomic E-state index is -1.35. The van der Waals surface area contributed by atoms with E-state index in [4.69, 9.17) is 21.1 Å². The molecule has 0 bridgehead atoms. The molecule has 4 atom stereocenters. The van der Waals surface area contributed by atoms with Crippen LogP contribution in [0.5, 0.6) is 0 Å². The van der Waals surface area contributed by atoms with Crippen molar-refractivity contribution in [3.63, 3.8) is 0 Å². The average molecular weight is 244 g/mol. The number of aliphatic hydroxyl groups is 4. The molecule has 0 saturated carbocycles. The zero-order valence-electron chi connectivity index (χ0n) is 6.54. The van der Waals surface area contributed by atoms with Crippen LogP contribution in [0.4, 0.5) is 0 Å². The molecular formula is C6H15NO4Se. The first-order valence-electron chi connectivity index (χ1n) is 3.57. The summed E-state index contributed by atoms with van der Waals surface area (Å²) in [7, 11) is 0. The maximum atomic E-state index is 9.27. The van der Waals surface area contributed by atoms with E-state index in [0.717, 1.165) is 0 Å². The van der Waals surface area contributed by atoms with Gasteiger partial charge in [-0.05, 0) is 0 Å². The molecule has 0 unspecified atom stereocenters. The van der Waals surface area contributed by atoms with Gasteiger partial charge in [0.15, 0.2) is 0 Å². The van der Waals surface area contributed by atoms with Crippen LogP contribution in [0, 0.1) is 0 Å². The topological polar surface area (TPSA) is 107 Å². The summed E-state index contributed by atoms with van der Waals surface area (Å²) in [4.78, 5) is -0.367. The molecule has 0 aromatic heterocycles. The van der Waals surface area contributed by atoms with Crippen molar-refractivity contribution >= 4 is 16.0 Å². The summed E-state index contributed by atoms with van der Waals surface area (Å²) in [6.07, 6.45) is -3.80. The Bertz CT molecular complexity index is 112. The summed E-state index contributed by atoms with van der Waals surface area (Å²) in [6.45, 7) is -0.390. The summed E-state index contributed by atoms with van der Waals surface area (Å²) in [5, 5.41) is 35.8. The zero-order valence-corrected chi connectivity index (χ0v) is 8.41. The molecule has 0 heterocycles. The second kappa shape index (κ2) is 5.88. The Kier molecular flexibility index (Phi) is 6.04. The van der Waals surface area contributed by atoms with Crippen molar-refractivity contribution in [3.8, 4) is 0 Å². The normalized spacial score (nSPS) is 21.5. The second-order valence-electron chi connectivity index (χ2n) is 2.53. The Morgan fingerprint density at radius 1 is 1.17 bits per heavy atom. The van der Waals surface area contributed by atoms with Crippen molar-refractivity contribution in [2.24, 2.45) is 5.73 Å². The SMILES string of the molecule is NC[C@H]([SeH])[C@@H](O)[C@H](O)[C@H](O)CO. The third-order valence-corrected chi connectivity index (χ3v) is 2.65. The predicted molar refractivity (Wildman–Crippen MR) is 45.1 cm³/mol. The first-order chi connectivity index (χ1) is 5.54. The molecule has 0 rings (SSSR count). The fourth-order valence-corrected chi connectivity index (χ4v) is 1.07. The van der Waals surface area contributed by atoms with E-state index in [-0.39, 0.29) is 11.4 Å². The van der Waals surface area contributed by atoms with E-state index in [9.17, 15) is 5.11 Å². The molecule has 12 heavy (non-hydrogen) atoms. The molecule has 5 nitrogen and oxygen atoms in total. The van der Waals surface area contributed by atoms with Gasteiger partial charge in [0.1, 0.15) is 0 Å². The third kappa shape index (κ3) is 3.37. The first-order valence-corrected chi connectivity index (χ1v) is 4.66. The zero-order chi connectivity index (χ0) is 9.72. The Balaban J connectivity index is 3.99. The molecule has 6 heteroatoms. The predicted octanol–water partition coefficient (Wildman–Crippen LogP) is -3.29. The van der Waals surface area contributed by atoms with Crippen LogP contribution in [0.25, 0.3) is 0 Å². The third-order valence-electron chi connectivity index (χ3n) is 1.57. The van der Waals surface area contributed by atoms with Gasteiger partial charge in [-0.2, -0.15) is 0 Å². The van der Waals surface area contributed by atoms with Gasteiger partial charge in [0.2, 0.25) is 0 Å². The van der Waals surface area contributed by atoms with Gasteiger partial charge in [0.05, 0.1) is 0 Å². The number of aliphatic hydroxyl groups excluding tert-OH is 4. The maximum absolute atomic E-state index is 9.27. The van der Waals surface area contributed by atoms with Crippen molar-refractivity contribution in [3.05, 3.63) is 0 Å². The fraction of sp³-hybridized carbons (Fsp3) is 1.00. The van der Waals surface area contributed by atoms with Crippen molar-refractivity contribution < 1.29 is 20.4 Å². The van der Waals surface area contributed by atoms with Crippen LogP contribution < -0.4 is 5.73 Å². The molecule has 6 N–H and O–H groups in total. The Hall–Kier alpha value is 0.319. The van der Waals surface area contributed by atoms with Gasteiger partial charge in [-0.1, -0.05) is 0 Å². The molecule has 0 aliphatic carbocycles. The van der Waals surface area contributed by atoms with Crippen molar-refractivity contribution in [2.45, 2.75) is 23.1 Å². The van der Waals surface area contributed by atoms with Gasteiger partial charge >= 0.3 is 78.5 Å². The van der Waals surface area contributed by atoms with Crippen LogP contribution >= 0.6 is 0 Å². The molecule has 0 aromatic rings. The van der Waals surface area contributed by atoms with Gasteiger partial charge in [-0.3, -0.25) is 0 Å². The molecule has 0 saturated heterocycles. The van der Waals surface area contributed by atoms with E-state index in [2.05, 4.69) is 16.0 Å². The molecule has 0 fully saturated rings. The van der Waals surface area contributed by atoms with E-state index in [1.165, 1.54) is 0 Å². The van der Waals surface area contributed by atoms with E-state index in [1.807, 2.05) is 0 Å².